The molecule has 0 atom stereocenters. The Labute approximate surface area is 208 Å². The summed E-state index contributed by atoms with van der Waals surface area (Å²) in [4.78, 5) is 22.0. The number of methoxy groups -OCH3 is 1. The third kappa shape index (κ3) is 4.70. The van der Waals surface area contributed by atoms with Gasteiger partial charge in [0.2, 0.25) is 0 Å². The molecule has 0 aliphatic carbocycles. The Morgan fingerprint density at radius 3 is 2.17 bits per heavy atom. The molecule has 2 aromatic heterocycles. The van der Waals surface area contributed by atoms with E-state index in [-0.39, 0.29) is 16.9 Å². The van der Waals surface area contributed by atoms with Gasteiger partial charge in [-0.05, 0) is 54.1 Å². The number of pyridine rings is 1. The minimum atomic E-state index is -0.419. The summed E-state index contributed by atoms with van der Waals surface area (Å²) in [5.74, 6) is 0.599. The fourth-order valence-corrected chi connectivity index (χ4v) is 4.51. The summed E-state index contributed by atoms with van der Waals surface area (Å²) in [6, 6.07) is 18.3. The minimum Gasteiger partial charge on any atom is -0.493 e. The summed E-state index contributed by atoms with van der Waals surface area (Å²) in [7, 11) is 1.53. The van der Waals surface area contributed by atoms with Gasteiger partial charge in [0.1, 0.15) is 11.6 Å². The molecule has 1 aliphatic rings. The SMILES string of the molecule is COc1cccn2c(=O)c(CO)c(NCc3ccc(N4CCN(c5ccc(F)cc5)CC4)cc3)nc12. The van der Waals surface area contributed by atoms with E-state index in [4.69, 9.17) is 4.74 Å². The molecule has 1 fully saturated rings. The van der Waals surface area contributed by atoms with Crippen LogP contribution in [0.4, 0.5) is 21.6 Å². The van der Waals surface area contributed by atoms with Crippen molar-refractivity contribution in [2.75, 3.05) is 48.4 Å². The van der Waals surface area contributed by atoms with Crippen molar-refractivity contribution >= 4 is 22.8 Å². The average molecular weight is 490 g/mol. The lowest BCUT2D eigenvalue weighted by molar-refractivity contribution is 0.280. The van der Waals surface area contributed by atoms with Gasteiger partial charge in [0.15, 0.2) is 11.4 Å². The van der Waals surface area contributed by atoms with Gasteiger partial charge in [-0.15, -0.1) is 0 Å². The predicted molar refractivity (Wildman–Crippen MR) is 139 cm³/mol. The summed E-state index contributed by atoms with van der Waals surface area (Å²) in [6.07, 6.45) is 1.61. The molecule has 3 heterocycles. The Kier molecular flexibility index (Phi) is 6.73. The highest BCUT2D eigenvalue weighted by atomic mass is 19.1. The summed E-state index contributed by atoms with van der Waals surface area (Å²) in [5.41, 5.74) is 3.46. The van der Waals surface area contributed by atoms with Crippen LogP contribution >= 0.6 is 0 Å². The Balaban J connectivity index is 1.25. The lowest BCUT2D eigenvalue weighted by atomic mass is 10.1. The first-order chi connectivity index (χ1) is 17.6. The normalized spacial score (nSPS) is 13.8. The number of piperazine rings is 1. The van der Waals surface area contributed by atoms with Gasteiger partial charge in [0, 0.05) is 50.3 Å². The van der Waals surface area contributed by atoms with Crippen LogP contribution in [-0.4, -0.2) is 47.8 Å². The summed E-state index contributed by atoms with van der Waals surface area (Å²) in [5, 5.41) is 13.0. The molecule has 0 bridgehead atoms. The van der Waals surface area contributed by atoms with Crippen molar-refractivity contribution in [3.05, 3.63) is 94.2 Å². The molecule has 0 radical (unpaired) electrons. The Morgan fingerprint density at radius 2 is 1.58 bits per heavy atom. The van der Waals surface area contributed by atoms with Crippen LogP contribution < -0.4 is 25.4 Å². The highest BCUT2D eigenvalue weighted by molar-refractivity contribution is 5.59. The van der Waals surface area contributed by atoms with Crippen molar-refractivity contribution in [3.63, 3.8) is 0 Å². The molecule has 8 nitrogen and oxygen atoms in total. The van der Waals surface area contributed by atoms with E-state index >= 15 is 0 Å². The lowest BCUT2D eigenvalue weighted by Crippen LogP contribution is -2.46. The van der Waals surface area contributed by atoms with Crippen molar-refractivity contribution in [1.82, 2.24) is 9.38 Å². The van der Waals surface area contributed by atoms with Gasteiger partial charge < -0.3 is 25.0 Å². The van der Waals surface area contributed by atoms with E-state index < -0.39 is 6.61 Å². The van der Waals surface area contributed by atoms with Crippen LogP contribution in [0, 0.1) is 5.82 Å². The maximum atomic E-state index is 13.2. The zero-order valence-corrected chi connectivity index (χ0v) is 20.0. The van der Waals surface area contributed by atoms with Crippen molar-refractivity contribution in [3.8, 4) is 5.75 Å². The maximum absolute atomic E-state index is 13.2. The van der Waals surface area contributed by atoms with E-state index in [0.29, 0.717) is 23.8 Å². The molecular formula is C27H28FN5O3. The molecule has 1 aliphatic heterocycles. The number of nitrogens with zero attached hydrogens (tertiary/aromatic N) is 4. The summed E-state index contributed by atoms with van der Waals surface area (Å²) in [6.45, 7) is 3.51. The molecule has 186 valence electrons. The van der Waals surface area contributed by atoms with Crippen LogP contribution in [0.25, 0.3) is 5.65 Å². The fourth-order valence-electron chi connectivity index (χ4n) is 4.51. The third-order valence-electron chi connectivity index (χ3n) is 6.52. The number of benzene rings is 2. The molecule has 2 N–H and O–H groups in total. The molecule has 2 aromatic carbocycles. The second-order valence-electron chi connectivity index (χ2n) is 8.64. The van der Waals surface area contributed by atoms with E-state index in [1.165, 1.54) is 23.6 Å². The fraction of sp³-hybridized carbons (Fsp3) is 0.259. The quantitative estimate of drug-likeness (QED) is 0.412. The first-order valence-electron chi connectivity index (χ1n) is 11.8. The van der Waals surface area contributed by atoms with Gasteiger partial charge >= 0.3 is 0 Å². The number of fused-ring (bicyclic) bond motifs is 1. The smallest absolute Gasteiger partial charge is 0.265 e. The van der Waals surface area contributed by atoms with Crippen molar-refractivity contribution < 1.29 is 14.2 Å². The van der Waals surface area contributed by atoms with Gasteiger partial charge in [-0.1, -0.05) is 12.1 Å². The Bertz CT molecular complexity index is 1400. The van der Waals surface area contributed by atoms with Gasteiger partial charge in [-0.25, -0.2) is 9.37 Å². The number of aliphatic hydroxyl groups is 1. The Morgan fingerprint density at radius 1 is 0.972 bits per heavy atom. The standard InChI is InChI=1S/C27H28FN5O3/c1-36-24-3-2-12-33-26(24)30-25(23(18-34)27(33)35)29-17-19-4-8-21(9-5-19)31-13-15-32(16-14-31)22-10-6-20(28)7-11-22/h2-12,29,34H,13-18H2,1H3. The van der Waals surface area contributed by atoms with Crippen molar-refractivity contribution in [1.29, 1.82) is 0 Å². The molecule has 5 rings (SSSR count). The van der Waals surface area contributed by atoms with Crippen LogP contribution in [0.15, 0.2) is 71.7 Å². The van der Waals surface area contributed by atoms with Crippen LogP contribution in [0.2, 0.25) is 0 Å². The zero-order chi connectivity index (χ0) is 25.1. The Hall–Kier alpha value is -4.11. The molecule has 0 spiro atoms. The molecule has 9 heteroatoms. The lowest BCUT2D eigenvalue weighted by Gasteiger charge is -2.37. The number of anilines is 3. The second kappa shape index (κ2) is 10.2. The number of hydrogen-bond donors (Lipinski definition) is 2. The van der Waals surface area contributed by atoms with E-state index in [2.05, 4.69) is 32.2 Å². The monoisotopic (exact) mass is 489 g/mol. The zero-order valence-electron chi connectivity index (χ0n) is 20.0. The molecule has 36 heavy (non-hydrogen) atoms. The molecular weight excluding hydrogens is 461 g/mol. The van der Waals surface area contributed by atoms with Crippen molar-refractivity contribution in [2.24, 2.45) is 0 Å². The predicted octanol–water partition coefficient (Wildman–Crippen LogP) is 3.27. The number of ether oxygens (including phenoxy) is 1. The first-order valence-corrected chi connectivity index (χ1v) is 11.8. The van der Waals surface area contributed by atoms with E-state index in [9.17, 15) is 14.3 Å². The van der Waals surface area contributed by atoms with Gasteiger partial charge in [0.25, 0.3) is 5.56 Å². The highest BCUT2D eigenvalue weighted by Crippen LogP contribution is 2.23. The topological polar surface area (TPSA) is 82.3 Å². The second-order valence-corrected chi connectivity index (χ2v) is 8.64. The number of hydrogen-bond acceptors (Lipinski definition) is 7. The molecule has 0 amide bonds. The molecule has 0 unspecified atom stereocenters. The van der Waals surface area contributed by atoms with Crippen LogP contribution in [0.5, 0.6) is 5.75 Å². The van der Waals surface area contributed by atoms with E-state index in [1.807, 2.05) is 24.3 Å². The van der Waals surface area contributed by atoms with Gasteiger partial charge in [0.05, 0.1) is 19.3 Å². The van der Waals surface area contributed by atoms with Crippen LogP contribution in [0.3, 0.4) is 0 Å². The van der Waals surface area contributed by atoms with Crippen LogP contribution in [-0.2, 0) is 13.2 Å². The summed E-state index contributed by atoms with van der Waals surface area (Å²) < 4.78 is 19.9. The first kappa shape index (κ1) is 23.6. The highest BCUT2D eigenvalue weighted by Gasteiger charge is 2.18. The minimum absolute atomic E-state index is 0.205. The summed E-state index contributed by atoms with van der Waals surface area (Å²) >= 11 is 0. The van der Waals surface area contributed by atoms with Gasteiger partial charge in [-0.3, -0.25) is 9.20 Å². The largest absolute Gasteiger partial charge is 0.493 e. The number of aliphatic hydroxyl groups excluding tert-OH is 1. The third-order valence-corrected chi connectivity index (χ3v) is 6.52. The number of rotatable bonds is 7. The molecule has 0 saturated carbocycles. The number of aromatic nitrogens is 2. The number of nitrogens with one attached hydrogen (secondary N) is 1. The van der Waals surface area contributed by atoms with Crippen LogP contribution in [0.1, 0.15) is 11.1 Å². The average Bonchev–Trinajstić information content (AvgIpc) is 2.92. The molecule has 4 aromatic rings. The van der Waals surface area contributed by atoms with E-state index in [0.717, 1.165) is 43.1 Å². The van der Waals surface area contributed by atoms with Crippen molar-refractivity contribution in [2.45, 2.75) is 13.2 Å². The maximum Gasteiger partial charge on any atom is 0.265 e. The number of halogens is 1. The van der Waals surface area contributed by atoms with E-state index in [1.54, 1.807) is 18.3 Å². The van der Waals surface area contributed by atoms with Gasteiger partial charge in [-0.2, -0.15) is 0 Å². The molecule has 1 saturated heterocycles.